The number of halogens is 1. The van der Waals surface area contributed by atoms with Crippen LogP contribution in [0.25, 0.3) is 11.3 Å². The fraction of sp³-hybridized carbons (Fsp3) is 0.238. The van der Waals surface area contributed by atoms with Crippen LogP contribution in [0.1, 0.15) is 21.6 Å². The van der Waals surface area contributed by atoms with Gasteiger partial charge < -0.3 is 14.2 Å². The van der Waals surface area contributed by atoms with Gasteiger partial charge in [0.1, 0.15) is 12.4 Å². The van der Waals surface area contributed by atoms with Crippen LogP contribution in [0.5, 0.6) is 10.9 Å². The van der Waals surface area contributed by atoms with Crippen molar-refractivity contribution in [2.45, 2.75) is 6.92 Å². The standard InChI is InChI=1S/C21H19FN4O4S/c1-5-13-7-9-15(29-4)16(17(13)22)18-14(8-6-12(2)23-18)19(27)24-20-25-26-21(31-20)30-11-10-28-3/h1,6-9H,10-11H2,2-4H3,(H,24,25,27). The van der Waals surface area contributed by atoms with E-state index in [1.54, 1.807) is 26.2 Å². The lowest BCUT2D eigenvalue weighted by Crippen LogP contribution is -2.15. The molecule has 0 spiro atoms. The molecule has 0 bridgehead atoms. The highest BCUT2D eigenvalue weighted by Gasteiger charge is 2.23. The minimum Gasteiger partial charge on any atom is -0.496 e. The summed E-state index contributed by atoms with van der Waals surface area (Å²) in [6.07, 6.45) is 5.40. The molecule has 3 rings (SSSR count). The van der Waals surface area contributed by atoms with Gasteiger partial charge in [-0.3, -0.25) is 15.1 Å². The second-order valence-electron chi connectivity index (χ2n) is 6.17. The number of benzene rings is 1. The van der Waals surface area contributed by atoms with E-state index in [2.05, 4.69) is 26.4 Å². The third-order valence-electron chi connectivity index (χ3n) is 4.13. The highest BCUT2D eigenvalue weighted by molar-refractivity contribution is 7.17. The molecule has 3 aromatic rings. The molecule has 2 aromatic heterocycles. The van der Waals surface area contributed by atoms with Crippen molar-refractivity contribution in [3.05, 3.63) is 46.9 Å². The third-order valence-corrected chi connectivity index (χ3v) is 4.89. The first-order valence-electron chi connectivity index (χ1n) is 9.06. The molecule has 160 valence electrons. The molecule has 2 heterocycles. The van der Waals surface area contributed by atoms with Crippen LogP contribution in [0, 0.1) is 25.1 Å². The third kappa shape index (κ3) is 4.96. The summed E-state index contributed by atoms with van der Waals surface area (Å²) in [4.78, 5) is 17.4. The number of carbonyl (C=O) groups excluding carboxylic acids is 1. The second-order valence-corrected chi connectivity index (χ2v) is 7.11. The number of hydrogen-bond donors (Lipinski definition) is 1. The Labute approximate surface area is 182 Å². The Morgan fingerprint density at radius 2 is 2.03 bits per heavy atom. The van der Waals surface area contributed by atoms with E-state index in [1.807, 2.05) is 0 Å². The Hall–Kier alpha value is -3.55. The molecule has 0 unspecified atom stereocenters. The lowest BCUT2D eigenvalue weighted by atomic mass is 10.0. The Balaban J connectivity index is 1.96. The Bertz CT molecular complexity index is 1140. The molecule has 31 heavy (non-hydrogen) atoms. The molecule has 1 amide bonds. The maximum atomic E-state index is 15.1. The van der Waals surface area contributed by atoms with Crippen LogP contribution >= 0.6 is 11.3 Å². The summed E-state index contributed by atoms with van der Waals surface area (Å²) in [5.74, 6) is 1.25. The first kappa shape index (κ1) is 22.1. The van der Waals surface area contributed by atoms with E-state index in [-0.39, 0.29) is 38.5 Å². The molecule has 0 fully saturated rings. The lowest BCUT2D eigenvalue weighted by Gasteiger charge is -2.14. The number of hydrogen-bond acceptors (Lipinski definition) is 8. The van der Waals surface area contributed by atoms with E-state index in [0.717, 1.165) is 11.3 Å². The number of pyridine rings is 1. The van der Waals surface area contributed by atoms with Gasteiger partial charge >= 0.3 is 0 Å². The number of anilines is 1. The minimum atomic E-state index is -0.696. The van der Waals surface area contributed by atoms with Crippen LogP contribution < -0.4 is 14.8 Å². The van der Waals surface area contributed by atoms with Crippen molar-refractivity contribution in [3.8, 4) is 34.5 Å². The molecule has 0 radical (unpaired) electrons. The highest BCUT2D eigenvalue weighted by atomic mass is 32.1. The van der Waals surface area contributed by atoms with E-state index in [1.165, 1.54) is 19.2 Å². The van der Waals surface area contributed by atoms with Crippen molar-refractivity contribution in [2.75, 3.05) is 32.8 Å². The Kier molecular flexibility index (Phi) is 7.12. The molecule has 0 aliphatic carbocycles. The topological polar surface area (TPSA) is 95.5 Å². The van der Waals surface area contributed by atoms with Gasteiger partial charge in [-0.05, 0) is 42.5 Å². The summed E-state index contributed by atoms with van der Waals surface area (Å²) in [5.41, 5.74) is 0.850. The second kappa shape index (κ2) is 9.97. The van der Waals surface area contributed by atoms with Gasteiger partial charge in [-0.2, -0.15) is 0 Å². The molecule has 0 saturated heterocycles. The fourth-order valence-electron chi connectivity index (χ4n) is 2.69. The molecule has 0 aliphatic heterocycles. The molecular formula is C21H19FN4O4S. The molecule has 10 heteroatoms. The molecule has 8 nitrogen and oxygen atoms in total. The van der Waals surface area contributed by atoms with Crippen LogP contribution in [-0.2, 0) is 4.74 Å². The normalized spacial score (nSPS) is 10.4. The van der Waals surface area contributed by atoms with Crippen molar-refractivity contribution in [3.63, 3.8) is 0 Å². The van der Waals surface area contributed by atoms with Gasteiger partial charge in [0.15, 0.2) is 5.82 Å². The summed E-state index contributed by atoms with van der Waals surface area (Å²) in [7, 11) is 2.95. The van der Waals surface area contributed by atoms with Crippen molar-refractivity contribution in [2.24, 2.45) is 0 Å². The zero-order chi connectivity index (χ0) is 22.4. The van der Waals surface area contributed by atoms with Crippen molar-refractivity contribution in [1.29, 1.82) is 0 Å². The van der Waals surface area contributed by atoms with Gasteiger partial charge in [-0.25, -0.2) is 4.39 Å². The fourth-order valence-corrected chi connectivity index (χ4v) is 3.30. The van der Waals surface area contributed by atoms with E-state index < -0.39 is 11.7 Å². The first-order chi connectivity index (χ1) is 15.0. The van der Waals surface area contributed by atoms with Crippen molar-refractivity contribution < 1.29 is 23.4 Å². The smallest absolute Gasteiger partial charge is 0.295 e. The number of aromatic nitrogens is 3. The summed E-state index contributed by atoms with van der Waals surface area (Å²) in [6, 6.07) is 6.16. The SMILES string of the molecule is C#Cc1ccc(OC)c(-c2nc(C)ccc2C(=O)Nc2nnc(OCCOC)s2)c1F. The van der Waals surface area contributed by atoms with E-state index in [4.69, 9.17) is 20.6 Å². The summed E-state index contributed by atoms with van der Waals surface area (Å²) >= 11 is 1.05. The number of carbonyl (C=O) groups is 1. The number of methoxy groups -OCH3 is 2. The monoisotopic (exact) mass is 442 g/mol. The summed E-state index contributed by atoms with van der Waals surface area (Å²) in [5, 5.41) is 10.9. The van der Waals surface area contributed by atoms with E-state index in [9.17, 15) is 4.79 Å². The Morgan fingerprint density at radius 3 is 2.74 bits per heavy atom. The van der Waals surface area contributed by atoms with Crippen LogP contribution in [0.15, 0.2) is 24.3 Å². The summed E-state index contributed by atoms with van der Waals surface area (Å²) in [6.45, 7) is 2.43. The van der Waals surface area contributed by atoms with Gasteiger partial charge in [0, 0.05) is 12.8 Å². The van der Waals surface area contributed by atoms with Gasteiger partial charge in [-0.15, -0.1) is 11.5 Å². The van der Waals surface area contributed by atoms with Gasteiger partial charge in [-0.1, -0.05) is 11.0 Å². The number of nitrogens with zero attached hydrogens (tertiary/aromatic N) is 3. The molecular weight excluding hydrogens is 423 g/mol. The van der Waals surface area contributed by atoms with Gasteiger partial charge in [0.25, 0.3) is 11.1 Å². The number of amides is 1. The summed E-state index contributed by atoms with van der Waals surface area (Å²) < 4.78 is 30.7. The lowest BCUT2D eigenvalue weighted by molar-refractivity contribution is 0.102. The zero-order valence-electron chi connectivity index (χ0n) is 17.1. The van der Waals surface area contributed by atoms with Gasteiger partial charge in [0.05, 0.1) is 36.1 Å². The predicted molar refractivity (Wildman–Crippen MR) is 114 cm³/mol. The number of nitrogens with one attached hydrogen (secondary N) is 1. The van der Waals surface area contributed by atoms with Gasteiger partial charge in [0.2, 0.25) is 5.13 Å². The number of rotatable bonds is 8. The van der Waals surface area contributed by atoms with Crippen LogP contribution in [0.3, 0.4) is 0 Å². The molecule has 0 aliphatic rings. The van der Waals surface area contributed by atoms with Crippen LogP contribution in [0.4, 0.5) is 9.52 Å². The average molecular weight is 442 g/mol. The Morgan fingerprint density at radius 1 is 1.23 bits per heavy atom. The number of terminal acetylenes is 1. The highest BCUT2D eigenvalue weighted by Crippen LogP contribution is 2.35. The van der Waals surface area contributed by atoms with Crippen molar-refractivity contribution in [1.82, 2.24) is 15.2 Å². The predicted octanol–water partition coefficient (Wildman–Crippen LogP) is 3.32. The largest absolute Gasteiger partial charge is 0.496 e. The first-order valence-corrected chi connectivity index (χ1v) is 9.87. The molecule has 1 aromatic carbocycles. The quantitative estimate of drug-likeness (QED) is 0.422. The molecule has 0 atom stereocenters. The number of ether oxygens (including phenoxy) is 3. The zero-order valence-corrected chi connectivity index (χ0v) is 17.9. The maximum absolute atomic E-state index is 15.1. The van der Waals surface area contributed by atoms with Crippen LogP contribution in [-0.4, -0.2) is 48.5 Å². The average Bonchev–Trinajstić information content (AvgIpc) is 3.20. The maximum Gasteiger partial charge on any atom is 0.295 e. The van der Waals surface area contributed by atoms with E-state index in [0.29, 0.717) is 18.9 Å². The molecule has 1 N–H and O–H groups in total. The van der Waals surface area contributed by atoms with E-state index >= 15 is 4.39 Å². The minimum absolute atomic E-state index is 0.00708. The van der Waals surface area contributed by atoms with Crippen molar-refractivity contribution >= 4 is 22.4 Å². The molecule has 0 saturated carbocycles. The number of aryl methyl sites for hydroxylation is 1. The van der Waals surface area contributed by atoms with Crippen LogP contribution in [0.2, 0.25) is 0 Å².